The molecule has 8 rings (SSSR count). The highest BCUT2D eigenvalue weighted by atomic mass is 16.3. The minimum atomic E-state index is -1.28. The fourth-order valence-electron chi connectivity index (χ4n) is 7.23. The number of hydrogen-bond donors (Lipinski definition) is 1. The SMILES string of the molecule is OC(c1ccccc1)(c1ccccc1)c1ccccc1CN1Cc2ccc3ccccc3c2-c2c(ccc3ccccc23)C1. The molecule has 2 heteroatoms. The molecule has 1 N–H and O–H groups in total. The third kappa shape index (κ3) is 4.43. The lowest BCUT2D eigenvalue weighted by Crippen LogP contribution is -2.31. The van der Waals surface area contributed by atoms with Crippen LogP contribution in [-0.4, -0.2) is 10.0 Å². The van der Waals surface area contributed by atoms with Crippen molar-refractivity contribution in [3.8, 4) is 11.1 Å². The van der Waals surface area contributed by atoms with Crippen LogP contribution in [0, 0.1) is 0 Å². The maximum atomic E-state index is 12.7. The van der Waals surface area contributed by atoms with Crippen LogP contribution in [-0.2, 0) is 25.2 Å². The van der Waals surface area contributed by atoms with E-state index >= 15 is 0 Å². The molecule has 44 heavy (non-hydrogen) atoms. The summed E-state index contributed by atoms with van der Waals surface area (Å²) in [5.74, 6) is 0. The molecule has 0 bridgehead atoms. The number of nitrogens with zero attached hydrogens (tertiary/aromatic N) is 1. The van der Waals surface area contributed by atoms with Gasteiger partial charge in [-0.15, -0.1) is 0 Å². The second kappa shape index (κ2) is 10.9. The zero-order valence-corrected chi connectivity index (χ0v) is 24.5. The van der Waals surface area contributed by atoms with Gasteiger partial charge in [-0.3, -0.25) is 4.90 Å². The number of hydrogen-bond acceptors (Lipinski definition) is 2. The number of fused-ring (bicyclic) bond motifs is 7. The number of aliphatic hydroxyl groups is 1. The first-order valence-corrected chi connectivity index (χ1v) is 15.4. The zero-order valence-electron chi connectivity index (χ0n) is 24.5. The molecule has 0 saturated heterocycles. The molecule has 0 aromatic heterocycles. The maximum absolute atomic E-state index is 12.7. The molecule has 1 aliphatic rings. The van der Waals surface area contributed by atoms with E-state index in [1.54, 1.807) is 0 Å². The van der Waals surface area contributed by atoms with E-state index in [1.807, 2.05) is 66.7 Å². The average molecular weight is 568 g/mol. The molecule has 212 valence electrons. The standard InChI is InChI=1S/C42H33NO/c44-42(35-16-3-1-4-17-35,36-18-5-2-6-19-36)39-22-12-9-15-32(39)27-43-28-33-25-23-30-13-7-10-20-37(30)40(33)41-34(29-43)26-24-31-14-8-11-21-38(31)41/h1-26,44H,27-29H2. The van der Waals surface area contributed by atoms with E-state index < -0.39 is 5.60 Å². The summed E-state index contributed by atoms with van der Waals surface area (Å²) in [7, 11) is 0. The number of rotatable bonds is 5. The van der Waals surface area contributed by atoms with Crippen molar-refractivity contribution >= 4 is 21.5 Å². The monoisotopic (exact) mass is 567 g/mol. The van der Waals surface area contributed by atoms with Crippen LogP contribution in [0.25, 0.3) is 32.7 Å². The van der Waals surface area contributed by atoms with Crippen LogP contribution in [0.15, 0.2) is 158 Å². The van der Waals surface area contributed by atoms with Crippen molar-refractivity contribution in [3.05, 3.63) is 191 Å². The second-order valence-corrected chi connectivity index (χ2v) is 11.9. The van der Waals surface area contributed by atoms with E-state index in [1.165, 1.54) is 43.8 Å². The van der Waals surface area contributed by atoms with Crippen molar-refractivity contribution in [2.24, 2.45) is 0 Å². The molecule has 2 nitrogen and oxygen atoms in total. The average Bonchev–Trinajstić information content (AvgIpc) is 3.25. The fraction of sp³-hybridized carbons (Fsp3) is 0.0952. The van der Waals surface area contributed by atoms with Gasteiger partial charge in [0.05, 0.1) is 0 Å². The van der Waals surface area contributed by atoms with Gasteiger partial charge in [-0.05, 0) is 66.1 Å². The van der Waals surface area contributed by atoms with Crippen molar-refractivity contribution < 1.29 is 5.11 Å². The smallest absolute Gasteiger partial charge is 0.140 e. The van der Waals surface area contributed by atoms with Crippen LogP contribution < -0.4 is 0 Å². The summed E-state index contributed by atoms with van der Waals surface area (Å²) in [6, 6.07) is 55.2. The Morgan fingerprint density at radius 2 is 0.932 bits per heavy atom. The topological polar surface area (TPSA) is 23.5 Å². The van der Waals surface area contributed by atoms with Crippen LogP contribution in [0.2, 0.25) is 0 Å². The van der Waals surface area contributed by atoms with Gasteiger partial charge < -0.3 is 5.11 Å². The largest absolute Gasteiger partial charge is 0.376 e. The molecule has 0 spiro atoms. The van der Waals surface area contributed by atoms with Gasteiger partial charge in [0.2, 0.25) is 0 Å². The summed E-state index contributed by atoms with van der Waals surface area (Å²) in [5.41, 5.74) is 7.83. The van der Waals surface area contributed by atoms with E-state index in [-0.39, 0.29) is 0 Å². The lowest BCUT2D eigenvalue weighted by atomic mass is 9.78. The van der Waals surface area contributed by atoms with Gasteiger partial charge >= 0.3 is 0 Å². The summed E-state index contributed by atoms with van der Waals surface area (Å²) >= 11 is 0. The van der Waals surface area contributed by atoms with E-state index in [9.17, 15) is 5.11 Å². The minimum absolute atomic E-state index is 0.705. The van der Waals surface area contributed by atoms with Crippen molar-refractivity contribution in [2.45, 2.75) is 25.2 Å². The summed E-state index contributed by atoms with van der Waals surface area (Å²) in [4.78, 5) is 2.53. The van der Waals surface area contributed by atoms with E-state index in [0.29, 0.717) is 6.54 Å². The second-order valence-electron chi connectivity index (χ2n) is 11.9. The predicted octanol–water partition coefficient (Wildman–Crippen LogP) is 9.46. The zero-order chi connectivity index (χ0) is 29.5. The van der Waals surface area contributed by atoms with Crippen LogP contribution in [0.4, 0.5) is 0 Å². The summed E-state index contributed by atoms with van der Waals surface area (Å²) in [6.07, 6.45) is 0. The molecule has 1 aliphatic heterocycles. The van der Waals surface area contributed by atoms with Gasteiger partial charge in [0.15, 0.2) is 0 Å². The molecule has 1 heterocycles. The van der Waals surface area contributed by atoms with Crippen molar-refractivity contribution in [3.63, 3.8) is 0 Å². The molecule has 0 aliphatic carbocycles. The predicted molar refractivity (Wildman–Crippen MR) is 181 cm³/mol. The van der Waals surface area contributed by atoms with E-state index in [2.05, 4.69) is 95.9 Å². The lowest BCUT2D eigenvalue weighted by molar-refractivity contribution is 0.123. The molecule has 7 aromatic carbocycles. The van der Waals surface area contributed by atoms with Crippen LogP contribution in [0.3, 0.4) is 0 Å². The molecular weight excluding hydrogens is 534 g/mol. The van der Waals surface area contributed by atoms with Gasteiger partial charge in [0, 0.05) is 19.6 Å². The highest BCUT2D eigenvalue weighted by Gasteiger charge is 2.36. The minimum Gasteiger partial charge on any atom is -0.376 e. The van der Waals surface area contributed by atoms with Gasteiger partial charge in [-0.2, -0.15) is 0 Å². The van der Waals surface area contributed by atoms with Gasteiger partial charge in [-0.25, -0.2) is 0 Å². The lowest BCUT2D eigenvalue weighted by Gasteiger charge is -2.33. The molecule has 0 saturated carbocycles. The first-order valence-electron chi connectivity index (χ1n) is 15.4. The van der Waals surface area contributed by atoms with Gasteiger partial charge in [0.25, 0.3) is 0 Å². The quantitative estimate of drug-likeness (QED) is 0.209. The first kappa shape index (κ1) is 26.6. The molecule has 0 amide bonds. The Bertz CT molecular complexity index is 1990. The van der Waals surface area contributed by atoms with E-state index in [4.69, 9.17) is 0 Å². The van der Waals surface area contributed by atoms with E-state index in [0.717, 1.165) is 35.3 Å². The van der Waals surface area contributed by atoms with Crippen molar-refractivity contribution in [2.75, 3.05) is 0 Å². The molecule has 7 aromatic rings. The Balaban J connectivity index is 1.29. The van der Waals surface area contributed by atoms with Gasteiger partial charge in [-0.1, -0.05) is 158 Å². The van der Waals surface area contributed by atoms with Crippen molar-refractivity contribution in [1.82, 2.24) is 4.90 Å². The Morgan fingerprint density at radius 3 is 1.48 bits per heavy atom. The highest BCUT2D eigenvalue weighted by molar-refractivity contribution is 6.08. The fourth-order valence-corrected chi connectivity index (χ4v) is 7.23. The Morgan fingerprint density at radius 1 is 0.477 bits per heavy atom. The highest BCUT2D eigenvalue weighted by Crippen LogP contribution is 2.43. The Hall–Kier alpha value is -5.02. The maximum Gasteiger partial charge on any atom is 0.140 e. The third-order valence-electron chi connectivity index (χ3n) is 9.25. The molecule has 0 unspecified atom stereocenters. The summed E-state index contributed by atoms with van der Waals surface area (Å²) < 4.78 is 0. The Kier molecular flexibility index (Phi) is 6.60. The molecule has 0 fully saturated rings. The molecular formula is C42H33NO. The van der Waals surface area contributed by atoms with Crippen LogP contribution >= 0.6 is 0 Å². The normalized spacial score (nSPS) is 13.4. The summed E-state index contributed by atoms with van der Waals surface area (Å²) in [6.45, 7) is 2.33. The van der Waals surface area contributed by atoms with Crippen molar-refractivity contribution in [1.29, 1.82) is 0 Å². The number of benzene rings is 7. The first-order chi connectivity index (χ1) is 21.7. The summed E-state index contributed by atoms with van der Waals surface area (Å²) in [5, 5.41) is 17.8. The Labute approximate surface area is 258 Å². The van der Waals surface area contributed by atoms with Crippen LogP contribution in [0.5, 0.6) is 0 Å². The molecule has 0 radical (unpaired) electrons. The van der Waals surface area contributed by atoms with Gasteiger partial charge in [0.1, 0.15) is 5.60 Å². The molecule has 0 atom stereocenters. The third-order valence-corrected chi connectivity index (χ3v) is 9.25. The van der Waals surface area contributed by atoms with Crippen LogP contribution in [0.1, 0.15) is 33.4 Å².